The highest BCUT2D eigenvalue weighted by Crippen LogP contribution is 2.24. The van der Waals surface area contributed by atoms with E-state index >= 15 is 0 Å². The smallest absolute Gasteiger partial charge is 0.336 e. The third-order valence-electron chi connectivity index (χ3n) is 4.70. The van der Waals surface area contributed by atoms with Gasteiger partial charge in [0.1, 0.15) is 12.2 Å². The first-order chi connectivity index (χ1) is 14.0. The summed E-state index contributed by atoms with van der Waals surface area (Å²) in [5.41, 5.74) is 3.47. The lowest BCUT2D eigenvalue weighted by atomic mass is 10.0. The fourth-order valence-corrected chi connectivity index (χ4v) is 3.58. The summed E-state index contributed by atoms with van der Waals surface area (Å²) in [5.74, 6) is 0.466. The Morgan fingerprint density at radius 1 is 1.24 bits per heavy atom. The number of esters is 1. The topological polar surface area (TPSA) is 95.4 Å². The van der Waals surface area contributed by atoms with Crippen LogP contribution in [0.25, 0.3) is 22.4 Å². The molecule has 1 aromatic carbocycles. The number of hydrogen-bond donors (Lipinski definition) is 0. The van der Waals surface area contributed by atoms with Gasteiger partial charge in [0.2, 0.25) is 11.7 Å². The van der Waals surface area contributed by atoms with Crippen molar-refractivity contribution in [3.05, 3.63) is 68.0 Å². The number of rotatable bonds is 6. The Balaban J connectivity index is 1.40. The van der Waals surface area contributed by atoms with Crippen LogP contribution in [0.1, 0.15) is 29.0 Å². The van der Waals surface area contributed by atoms with Crippen molar-refractivity contribution < 1.29 is 18.5 Å². The van der Waals surface area contributed by atoms with Crippen molar-refractivity contribution in [2.45, 2.75) is 33.3 Å². The molecular weight excluding hydrogens is 392 g/mol. The van der Waals surface area contributed by atoms with E-state index < -0.39 is 11.6 Å². The van der Waals surface area contributed by atoms with Crippen LogP contribution in [0.3, 0.4) is 0 Å². The van der Waals surface area contributed by atoms with Crippen LogP contribution in [0.15, 0.2) is 48.8 Å². The van der Waals surface area contributed by atoms with Crippen LogP contribution < -0.4 is 5.63 Å². The predicted octanol–water partition coefficient (Wildman–Crippen LogP) is 4.20. The van der Waals surface area contributed by atoms with Crippen LogP contribution >= 0.6 is 11.3 Å². The molecule has 29 heavy (non-hydrogen) atoms. The largest absolute Gasteiger partial charge is 0.461 e. The number of aryl methyl sites for hydroxylation is 3. The molecule has 0 radical (unpaired) electrons. The Morgan fingerprint density at radius 2 is 2.10 bits per heavy atom. The molecule has 148 valence electrons. The molecule has 0 bridgehead atoms. The van der Waals surface area contributed by atoms with Crippen LogP contribution in [0.4, 0.5) is 0 Å². The molecule has 0 aliphatic carbocycles. The Labute approximate surface area is 169 Å². The quantitative estimate of drug-likeness (QED) is 0.347. The molecule has 3 heterocycles. The van der Waals surface area contributed by atoms with Gasteiger partial charge in [0.05, 0.1) is 6.42 Å². The summed E-state index contributed by atoms with van der Waals surface area (Å²) in [6.45, 7) is 3.83. The van der Waals surface area contributed by atoms with Gasteiger partial charge in [-0.05, 0) is 36.4 Å². The number of nitrogens with zero attached hydrogens (tertiary/aromatic N) is 2. The molecule has 4 rings (SSSR count). The molecule has 0 fully saturated rings. The van der Waals surface area contributed by atoms with Crippen LogP contribution in [0.5, 0.6) is 0 Å². The second kappa shape index (κ2) is 8.00. The van der Waals surface area contributed by atoms with Gasteiger partial charge in [-0.15, -0.1) is 0 Å². The molecule has 0 saturated carbocycles. The van der Waals surface area contributed by atoms with Gasteiger partial charge in [-0.3, -0.25) is 4.79 Å². The number of carbonyl (C=O) groups excluding carboxylic acids is 1. The standard InChI is InChI=1S/C21H18N2O5S/c1-12-3-4-16-15(9-19(25)27-20(16)13(12)2)10-26-18(24)6-5-17-22-21(23-28-17)14-7-8-29-11-14/h3-4,7-9,11H,5-6,10H2,1-2H3. The van der Waals surface area contributed by atoms with Crippen molar-refractivity contribution >= 4 is 28.3 Å². The monoisotopic (exact) mass is 410 g/mol. The minimum atomic E-state index is -0.468. The van der Waals surface area contributed by atoms with Gasteiger partial charge in [-0.1, -0.05) is 17.3 Å². The number of hydrogen-bond acceptors (Lipinski definition) is 8. The summed E-state index contributed by atoms with van der Waals surface area (Å²) in [6, 6.07) is 7.07. The third-order valence-corrected chi connectivity index (χ3v) is 5.38. The summed E-state index contributed by atoms with van der Waals surface area (Å²) in [5, 5.41) is 8.53. The molecule has 0 aliphatic heterocycles. The van der Waals surface area contributed by atoms with Crippen molar-refractivity contribution in [1.82, 2.24) is 10.1 Å². The van der Waals surface area contributed by atoms with Crippen LogP contribution in [-0.4, -0.2) is 16.1 Å². The van der Waals surface area contributed by atoms with Crippen LogP contribution in [0, 0.1) is 13.8 Å². The van der Waals surface area contributed by atoms with E-state index in [9.17, 15) is 9.59 Å². The van der Waals surface area contributed by atoms with Gasteiger partial charge in [0, 0.05) is 34.4 Å². The Bertz CT molecular complexity index is 1220. The highest BCUT2D eigenvalue weighted by atomic mass is 32.1. The maximum absolute atomic E-state index is 12.2. The molecule has 0 spiro atoms. The van der Waals surface area contributed by atoms with E-state index in [1.807, 2.05) is 42.8 Å². The zero-order valence-electron chi connectivity index (χ0n) is 15.9. The number of fused-ring (bicyclic) bond motifs is 1. The molecule has 0 N–H and O–H groups in total. The number of ether oxygens (including phenoxy) is 1. The number of carbonyl (C=O) groups is 1. The maximum atomic E-state index is 12.2. The summed E-state index contributed by atoms with van der Waals surface area (Å²) in [7, 11) is 0. The summed E-state index contributed by atoms with van der Waals surface area (Å²) >= 11 is 1.54. The lowest BCUT2D eigenvalue weighted by Crippen LogP contribution is -2.09. The lowest BCUT2D eigenvalue weighted by molar-refractivity contribution is -0.145. The molecule has 0 saturated heterocycles. The summed E-state index contributed by atoms with van der Waals surface area (Å²) < 4.78 is 15.9. The first kappa shape index (κ1) is 19.1. The molecule has 4 aromatic rings. The number of benzene rings is 1. The normalized spacial score (nSPS) is 11.1. The third kappa shape index (κ3) is 4.12. The lowest BCUT2D eigenvalue weighted by Gasteiger charge is -2.09. The summed E-state index contributed by atoms with van der Waals surface area (Å²) in [4.78, 5) is 28.3. The van der Waals surface area contributed by atoms with Gasteiger partial charge in [-0.25, -0.2) is 4.79 Å². The van der Waals surface area contributed by atoms with E-state index in [1.165, 1.54) is 6.07 Å². The average Bonchev–Trinajstić information content (AvgIpc) is 3.39. The van der Waals surface area contributed by atoms with E-state index in [0.29, 0.717) is 22.9 Å². The molecule has 0 atom stereocenters. The minimum absolute atomic E-state index is 0.00653. The van der Waals surface area contributed by atoms with Crippen molar-refractivity contribution in [2.75, 3.05) is 0 Å². The van der Waals surface area contributed by atoms with Crippen molar-refractivity contribution in [1.29, 1.82) is 0 Å². The fraction of sp³-hybridized carbons (Fsp3) is 0.238. The first-order valence-electron chi connectivity index (χ1n) is 9.05. The van der Waals surface area contributed by atoms with Crippen molar-refractivity contribution in [2.24, 2.45) is 0 Å². The number of aromatic nitrogens is 2. The van der Waals surface area contributed by atoms with Gasteiger partial charge >= 0.3 is 11.6 Å². The van der Waals surface area contributed by atoms with Crippen LogP contribution in [-0.2, 0) is 22.6 Å². The second-order valence-electron chi connectivity index (χ2n) is 6.66. The molecular formula is C21H18N2O5S. The van der Waals surface area contributed by atoms with Gasteiger partial charge in [-0.2, -0.15) is 16.3 Å². The van der Waals surface area contributed by atoms with Crippen LogP contribution in [0.2, 0.25) is 0 Å². The zero-order valence-corrected chi connectivity index (χ0v) is 16.7. The zero-order chi connectivity index (χ0) is 20.4. The first-order valence-corrected chi connectivity index (χ1v) is 9.99. The van der Waals surface area contributed by atoms with E-state index in [4.69, 9.17) is 13.7 Å². The van der Waals surface area contributed by atoms with E-state index in [0.717, 1.165) is 22.1 Å². The van der Waals surface area contributed by atoms with Crippen molar-refractivity contribution in [3.63, 3.8) is 0 Å². The fourth-order valence-electron chi connectivity index (χ4n) is 2.95. The van der Waals surface area contributed by atoms with Gasteiger partial charge < -0.3 is 13.7 Å². The molecule has 3 aromatic heterocycles. The summed E-state index contributed by atoms with van der Waals surface area (Å²) in [6.07, 6.45) is 0.384. The maximum Gasteiger partial charge on any atom is 0.336 e. The van der Waals surface area contributed by atoms with Crippen molar-refractivity contribution in [3.8, 4) is 11.4 Å². The van der Waals surface area contributed by atoms with Gasteiger partial charge in [0.25, 0.3) is 0 Å². The highest BCUT2D eigenvalue weighted by Gasteiger charge is 2.14. The SMILES string of the molecule is Cc1ccc2c(COC(=O)CCc3nc(-c4ccsc4)no3)cc(=O)oc2c1C. The molecule has 0 unspecified atom stereocenters. The minimum Gasteiger partial charge on any atom is -0.461 e. The average molecular weight is 410 g/mol. The molecule has 0 amide bonds. The van der Waals surface area contributed by atoms with E-state index in [2.05, 4.69) is 10.1 Å². The van der Waals surface area contributed by atoms with E-state index in [-0.39, 0.29) is 19.4 Å². The molecule has 7 nitrogen and oxygen atoms in total. The number of thiophene rings is 1. The van der Waals surface area contributed by atoms with E-state index in [1.54, 1.807) is 11.3 Å². The van der Waals surface area contributed by atoms with Gasteiger partial charge in [0.15, 0.2) is 0 Å². The Morgan fingerprint density at radius 3 is 2.90 bits per heavy atom. The Kier molecular flexibility index (Phi) is 5.26. The Hall–Kier alpha value is -3.26. The predicted molar refractivity (Wildman–Crippen MR) is 108 cm³/mol. The molecule has 0 aliphatic rings. The molecule has 8 heteroatoms. The highest BCUT2D eigenvalue weighted by molar-refractivity contribution is 7.08. The second-order valence-corrected chi connectivity index (χ2v) is 7.44.